The molecule has 0 aliphatic carbocycles. The standard InChI is InChI=1S/C22H15F3N4O4/c1-13(31)28(15-5-3-2-4-6-15)29-19-10-18(27-8-7-14(11-27)12-30)16(22(23,24)25)9-17(19)26-20(32)21(29)33/h2-12H,1H3,(H,26,32). The van der Waals surface area contributed by atoms with Crippen LogP contribution in [0.1, 0.15) is 22.8 Å². The van der Waals surface area contributed by atoms with Crippen molar-refractivity contribution in [2.75, 3.05) is 5.01 Å². The smallest absolute Gasteiger partial charge is 0.322 e. The summed E-state index contributed by atoms with van der Waals surface area (Å²) in [7, 11) is 0. The highest BCUT2D eigenvalue weighted by Gasteiger charge is 2.35. The average Bonchev–Trinajstić information content (AvgIpc) is 3.25. The van der Waals surface area contributed by atoms with Crippen molar-refractivity contribution < 1.29 is 22.8 Å². The Morgan fingerprint density at radius 2 is 1.79 bits per heavy atom. The van der Waals surface area contributed by atoms with Gasteiger partial charge in [-0.25, -0.2) is 9.69 Å². The largest absolute Gasteiger partial charge is 0.418 e. The van der Waals surface area contributed by atoms with Crippen LogP contribution in [0.15, 0.2) is 70.5 Å². The molecule has 0 spiro atoms. The molecule has 0 bridgehead atoms. The molecular formula is C22H15F3N4O4. The number of aromatic nitrogens is 3. The van der Waals surface area contributed by atoms with E-state index in [1.165, 1.54) is 30.6 Å². The number of alkyl halides is 3. The first-order valence-corrected chi connectivity index (χ1v) is 9.51. The van der Waals surface area contributed by atoms with Crippen LogP contribution in [0.2, 0.25) is 0 Å². The van der Waals surface area contributed by atoms with E-state index in [-0.39, 0.29) is 22.3 Å². The Hall–Kier alpha value is -4.41. The highest BCUT2D eigenvalue weighted by molar-refractivity contribution is 5.93. The summed E-state index contributed by atoms with van der Waals surface area (Å²) in [6.45, 7) is 1.15. The van der Waals surface area contributed by atoms with Crippen LogP contribution in [0.3, 0.4) is 0 Å². The van der Waals surface area contributed by atoms with Gasteiger partial charge < -0.3 is 9.55 Å². The summed E-state index contributed by atoms with van der Waals surface area (Å²) >= 11 is 0. The molecule has 0 atom stereocenters. The zero-order valence-electron chi connectivity index (χ0n) is 17.0. The SMILES string of the molecule is CC(=O)N(c1ccccc1)n1c(=O)c(=O)[nH]c2cc(C(F)(F)F)c(-n3ccc(C=O)c3)cc21. The first-order chi connectivity index (χ1) is 15.6. The lowest BCUT2D eigenvalue weighted by molar-refractivity contribution is -0.137. The lowest BCUT2D eigenvalue weighted by Crippen LogP contribution is -2.48. The fourth-order valence-corrected chi connectivity index (χ4v) is 3.51. The highest BCUT2D eigenvalue weighted by atomic mass is 19.4. The van der Waals surface area contributed by atoms with Crippen LogP contribution in [0.5, 0.6) is 0 Å². The number of hydrogen-bond donors (Lipinski definition) is 1. The number of hydrogen-bond acceptors (Lipinski definition) is 4. The summed E-state index contributed by atoms with van der Waals surface area (Å²) in [6, 6.07) is 10.9. The van der Waals surface area contributed by atoms with Gasteiger partial charge in [0.15, 0.2) is 6.29 Å². The van der Waals surface area contributed by atoms with Crippen molar-refractivity contribution in [1.82, 2.24) is 14.2 Å². The molecule has 0 fully saturated rings. The van der Waals surface area contributed by atoms with Crippen LogP contribution >= 0.6 is 0 Å². The number of H-pyrrole nitrogens is 1. The summed E-state index contributed by atoms with van der Waals surface area (Å²) in [4.78, 5) is 50.9. The summed E-state index contributed by atoms with van der Waals surface area (Å²) in [5.41, 5.74) is -3.97. The van der Waals surface area contributed by atoms with Gasteiger partial charge in [0.25, 0.3) is 0 Å². The monoisotopic (exact) mass is 456 g/mol. The Balaban J connectivity index is 2.14. The van der Waals surface area contributed by atoms with Gasteiger partial charge in [0.1, 0.15) is 0 Å². The van der Waals surface area contributed by atoms with E-state index >= 15 is 0 Å². The van der Waals surface area contributed by atoms with E-state index in [1.54, 1.807) is 18.2 Å². The summed E-state index contributed by atoms with van der Waals surface area (Å²) in [5, 5.41) is 0.906. The third-order valence-electron chi connectivity index (χ3n) is 4.91. The number of nitrogens with one attached hydrogen (secondary N) is 1. The van der Waals surface area contributed by atoms with Gasteiger partial charge in [0.05, 0.1) is 28.0 Å². The second kappa shape index (κ2) is 7.93. The number of benzene rings is 2. The third-order valence-corrected chi connectivity index (χ3v) is 4.91. The molecule has 0 aliphatic rings. The van der Waals surface area contributed by atoms with Gasteiger partial charge in [-0.05, 0) is 30.3 Å². The molecule has 168 valence electrons. The molecule has 8 nitrogen and oxygen atoms in total. The molecule has 0 radical (unpaired) electrons. The van der Waals surface area contributed by atoms with Crippen molar-refractivity contribution in [1.29, 1.82) is 0 Å². The Morgan fingerprint density at radius 1 is 1.09 bits per heavy atom. The molecule has 4 rings (SSSR count). The molecule has 4 aromatic rings. The molecule has 2 heterocycles. The van der Waals surface area contributed by atoms with E-state index in [0.717, 1.165) is 27.2 Å². The van der Waals surface area contributed by atoms with Gasteiger partial charge in [-0.2, -0.15) is 13.2 Å². The minimum absolute atomic E-state index is 0.136. The minimum Gasteiger partial charge on any atom is -0.322 e. The average molecular weight is 456 g/mol. The maximum atomic E-state index is 13.9. The zero-order chi connectivity index (χ0) is 23.9. The molecule has 2 aromatic carbocycles. The zero-order valence-corrected chi connectivity index (χ0v) is 17.0. The number of para-hydroxylation sites is 1. The predicted octanol–water partition coefficient (Wildman–Crippen LogP) is 3.13. The first-order valence-electron chi connectivity index (χ1n) is 9.51. The number of aromatic amines is 1. The fraction of sp³-hybridized carbons (Fsp3) is 0.0909. The van der Waals surface area contributed by atoms with Gasteiger partial charge in [0.2, 0.25) is 5.91 Å². The number of carbonyl (C=O) groups excluding carboxylic acids is 2. The third kappa shape index (κ3) is 3.84. The van der Waals surface area contributed by atoms with Gasteiger partial charge in [-0.1, -0.05) is 18.2 Å². The van der Waals surface area contributed by atoms with E-state index in [1.807, 2.05) is 0 Å². The van der Waals surface area contributed by atoms with E-state index in [0.29, 0.717) is 12.4 Å². The quantitative estimate of drug-likeness (QED) is 0.377. The summed E-state index contributed by atoms with van der Waals surface area (Å²) < 4.78 is 43.4. The number of amides is 1. The molecule has 0 unspecified atom stereocenters. The number of fused-ring (bicyclic) bond motifs is 1. The summed E-state index contributed by atoms with van der Waals surface area (Å²) in [5.74, 6) is -0.652. The molecule has 1 amide bonds. The van der Waals surface area contributed by atoms with Gasteiger partial charge in [-0.15, -0.1) is 0 Å². The van der Waals surface area contributed by atoms with Crippen molar-refractivity contribution in [2.45, 2.75) is 13.1 Å². The summed E-state index contributed by atoms with van der Waals surface area (Å²) in [6.07, 6.45) is -1.90. The van der Waals surface area contributed by atoms with E-state index in [2.05, 4.69) is 4.98 Å². The maximum absolute atomic E-state index is 13.9. The van der Waals surface area contributed by atoms with Crippen LogP contribution in [0.4, 0.5) is 18.9 Å². The number of aldehydes is 1. The predicted molar refractivity (Wildman–Crippen MR) is 114 cm³/mol. The number of carbonyl (C=O) groups is 2. The van der Waals surface area contributed by atoms with E-state index in [4.69, 9.17) is 0 Å². The molecule has 33 heavy (non-hydrogen) atoms. The van der Waals surface area contributed by atoms with E-state index in [9.17, 15) is 32.3 Å². The van der Waals surface area contributed by atoms with Crippen molar-refractivity contribution in [3.05, 3.63) is 92.8 Å². The number of rotatable bonds is 4. The van der Waals surface area contributed by atoms with Crippen LogP contribution in [0.25, 0.3) is 16.7 Å². The van der Waals surface area contributed by atoms with Gasteiger partial charge in [0, 0.05) is 24.9 Å². The van der Waals surface area contributed by atoms with Crippen molar-refractivity contribution in [3.63, 3.8) is 0 Å². The van der Waals surface area contributed by atoms with Crippen LogP contribution in [-0.4, -0.2) is 26.4 Å². The molecule has 0 saturated carbocycles. The lowest BCUT2D eigenvalue weighted by Gasteiger charge is -2.25. The molecule has 2 aromatic heterocycles. The molecule has 1 N–H and O–H groups in total. The fourth-order valence-electron chi connectivity index (χ4n) is 3.51. The number of anilines is 1. The van der Waals surface area contributed by atoms with Gasteiger partial charge in [-0.3, -0.25) is 19.2 Å². The van der Waals surface area contributed by atoms with Crippen LogP contribution in [-0.2, 0) is 11.0 Å². The Kier molecular flexibility index (Phi) is 5.24. The molecule has 0 saturated heterocycles. The van der Waals surface area contributed by atoms with Crippen molar-refractivity contribution in [3.8, 4) is 5.69 Å². The molecule has 11 heteroatoms. The second-order valence-electron chi connectivity index (χ2n) is 7.09. The lowest BCUT2D eigenvalue weighted by atomic mass is 10.1. The van der Waals surface area contributed by atoms with Crippen LogP contribution in [0, 0.1) is 0 Å². The number of nitrogens with zero attached hydrogens (tertiary/aromatic N) is 3. The number of halogens is 3. The normalized spacial score (nSPS) is 11.5. The Morgan fingerprint density at radius 3 is 2.36 bits per heavy atom. The molecular weight excluding hydrogens is 441 g/mol. The van der Waals surface area contributed by atoms with Crippen molar-refractivity contribution >= 4 is 28.9 Å². The Bertz CT molecular complexity index is 1500. The second-order valence-corrected chi connectivity index (χ2v) is 7.09. The first kappa shape index (κ1) is 21.8. The van der Waals surface area contributed by atoms with Gasteiger partial charge >= 0.3 is 17.3 Å². The van der Waals surface area contributed by atoms with Crippen LogP contribution < -0.4 is 16.1 Å². The topological polar surface area (TPSA) is 97.2 Å². The molecule has 0 aliphatic heterocycles. The maximum Gasteiger partial charge on any atom is 0.418 e. The Labute approximate surface area is 183 Å². The van der Waals surface area contributed by atoms with E-state index < -0.39 is 34.5 Å². The minimum atomic E-state index is -4.83. The van der Waals surface area contributed by atoms with Crippen molar-refractivity contribution in [2.24, 2.45) is 0 Å². The highest BCUT2D eigenvalue weighted by Crippen LogP contribution is 2.36.